The molecule has 0 aliphatic heterocycles. The monoisotopic (exact) mass is 389 g/mol. The zero-order valence-electron chi connectivity index (χ0n) is 9.57. The summed E-state index contributed by atoms with van der Waals surface area (Å²) in [6, 6.07) is 5.29. The number of nitrogens with zero attached hydrogens (tertiary/aromatic N) is 1. The van der Waals surface area contributed by atoms with Crippen LogP contribution in [0.15, 0.2) is 36.5 Å². The zero-order chi connectivity index (χ0) is 13.8. The summed E-state index contributed by atoms with van der Waals surface area (Å²) >= 11 is 6.64. The molecule has 0 saturated heterocycles. The quantitative estimate of drug-likeness (QED) is 0.833. The van der Waals surface area contributed by atoms with Gasteiger partial charge in [-0.25, -0.2) is 4.79 Å². The predicted octanol–water partition coefficient (Wildman–Crippen LogP) is 1.86. The Balaban J connectivity index is 1.92. The highest BCUT2D eigenvalue weighted by atomic mass is 79.9. The number of rotatable bonds is 4. The maximum absolute atomic E-state index is 11.9. The number of hydrogen-bond donors (Lipinski definition) is 2. The molecule has 0 unspecified atom stereocenters. The number of carbonyl (C=O) groups is 1. The van der Waals surface area contributed by atoms with Crippen molar-refractivity contribution in [2.24, 2.45) is 0 Å². The number of amides is 1. The molecule has 0 radical (unpaired) electrons. The van der Waals surface area contributed by atoms with Gasteiger partial charge in [-0.3, -0.25) is 14.3 Å². The van der Waals surface area contributed by atoms with Crippen molar-refractivity contribution in [3.05, 3.63) is 49.1 Å². The molecule has 0 bridgehead atoms. The second-order valence-corrected chi connectivity index (χ2v) is 5.44. The Morgan fingerprint density at radius 2 is 2.21 bits per heavy atom. The molecule has 0 aliphatic carbocycles. The summed E-state index contributed by atoms with van der Waals surface area (Å²) in [5.74, 6) is -0.401. The lowest BCUT2D eigenvalue weighted by atomic mass is 10.2. The minimum absolute atomic E-state index is 0.204. The first-order chi connectivity index (χ1) is 9.06. The smallest absolute Gasteiger partial charge is 0.352 e. The molecule has 19 heavy (non-hydrogen) atoms. The normalized spacial score (nSPS) is 10.4. The lowest BCUT2D eigenvalue weighted by Gasteiger charge is -2.06. The van der Waals surface area contributed by atoms with Crippen LogP contribution in [-0.2, 0) is 6.42 Å². The van der Waals surface area contributed by atoms with Gasteiger partial charge in [0.2, 0.25) is 0 Å². The maximum Gasteiger partial charge on any atom is 0.438 e. The average molecular weight is 391 g/mol. The molecule has 0 spiro atoms. The highest BCUT2D eigenvalue weighted by Crippen LogP contribution is 2.21. The van der Waals surface area contributed by atoms with Crippen LogP contribution in [0.2, 0.25) is 0 Å². The first-order valence-corrected chi connectivity index (χ1v) is 6.93. The Kier molecular flexibility index (Phi) is 4.54. The number of halogens is 2. The highest BCUT2D eigenvalue weighted by Gasteiger charge is 2.10. The van der Waals surface area contributed by atoms with Gasteiger partial charge >= 0.3 is 5.76 Å². The van der Waals surface area contributed by atoms with Crippen molar-refractivity contribution in [2.45, 2.75) is 6.42 Å². The zero-order valence-corrected chi connectivity index (χ0v) is 12.7. The van der Waals surface area contributed by atoms with E-state index in [1.165, 1.54) is 0 Å². The summed E-state index contributed by atoms with van der Waals surface area (Å²) in [6.07, 6.45) is 0.394. The number of carbonyl (C=O) groups excluding carboxylic acids is 1. The van der Waals surface area contributed by atoms with Gasteiger partial charge in [0, 0.05) is 21.9 Å². The van der Waals surface area contributed by atoms with Crippen molar-refractivity contribution in [1.29, 1.82) is 0 Å². The Hall–Kier alpha value is -1.41. The fourth-order valence-corrected chi connectivity index (χ4v) is 2.66. The van der Waals surface area contributed by atoms with Crippen LogP contribution in [0.1, 0.15) is 16.2 Å². The van der Waals surface area contributed by atoms with Crippen LogP contribution in [0.3, 0.4) is 0 Å². The van der Waals surface area contributed by atoms with E-state index in [1.54, 1.807) is 18.2 Å². The number of benzene rings is 1. The first kappa shape index (κ1) is 14.0. The first-order valence-electron chi connectivity index (χ1n) is 5.34. The molecule has 0 saturated carbocycles. The topological polar surface area (TPSA) is 88.0 Å². The van der Waals surface area contributed by atoms with E-state index in [0.717, 1.165) is 4.47 Å². The largest absolute Gasteiger partial charge is 0.438 e. The van der Waals surface area contributed by atoms with Crippen LogP contribution in [0.25, 0.3) is 0 Å². The van der Waals surface area contributed by atoms with Crippen LogP contribution < -0.4 is 11.1 Å². The molecule has 2 aromatic rings. The third-order valence-corrected chi connectivity index (χ3v) is 3.46. The van der Waals surface area contributed by atoms with E-state index in [-0.39, 0.29) is 5.91 Å². The molecular weight excluding hydrogens is 382 g/mol. The summed E-state index contributed by atoms with van der Waals surface area (Å²) in [7, 11) is 0. The number of H-pyrrole nitrogens is 1. The van der Waals surface area contributed by atoms with Crippen LogP contribution in [0, 0.1) is 0 Å². The number of hydrogen-bond acceptors (Lipinski definition) is 4. The van der Waals surface area contributed by atoms with Gasteiger partial charge in [0.25, 0.3) is 5.91 Å². The summed E-state index contributed by atoms with van der Waals surface area (Å²) < 4.78 is 5.94. The van der Waals surface area contributed by atoms with Gasteiger partial charge in [-0.05, 0) is 34.1 Å². The fraction of sp³-hybridized carbons (Fsp3) is 0.182. The van der Waals surface area contributed by atoms with E-state index in [4.69, 9.17) is 0 Å². The average Bonchev–Trinajstić information content (AvgIpc) is 2.75. The van der Waals surface area contributed by atoms with E-state index in [9.17, 15) is 9.59 Å². The van der Waals surface area contributed by atoms with Crippen LogP contribution >= 0.6 is 31.9 Å². The summed E-state index contributed by atoms with van der Waals surface area (Å²) in [6.45, 7) is 0.351. The molecule has 8 heteroatoms. The van der Waals surface area contributed by atoms with Crippen molar-refractivity contribution in [3.63, 3.8) is 0 Å². The summed E-state index contributed by atoms with van der Waals surface area (Å²) in [5, 5.41) is 6.23. The molecule has 0 atom stereocenters. The van der Waals surface area contributed by atoms with E-state index in [0.29, 0.717) is 28.8 Å². The standard InChI is InChI=1S/C11H9Br2N3O3/c12-6-1-2-7(8(13)5-6)10(17)14-4-3-9-15-11(18)19-16-9/h1-2,5H,3-4H2,(H,14,17)(H,15,16,18). The minimum atomic E-state index is -0.600. The number of aromatic nitrogens is 2. The molecule has 100 valence electrons. The third-order valence-electron chi connectivity index (χ3n) is 2.31. The van der Waals surface area contributed by atoms with Crippen molar-refractivity contribution >= 4 is 37.8 Å². The Morgan fingerprint density at radius 1 is 1.42 bits per heavy atom. The van der Waals surface area contributed by atoms with Gasteiger partial charge in [0.15, 0.2) is 5.82 Å². The Morgan fingerprint density at radius 3 is 2.84 bits per heavy atom. The molecule has 1 aromatic carbocycles. The minimum Gasteiger partial charge on any atom is -0.352 e. The SMILES string of the molecule is O=C(NCCc1noc(=O)[nH]1)c1ccc(Br)cc1Br. The van der Waals surface area contributed by atoms with Gasteiger partial charge in [-0.1, -0.05) is 21.1 Å². The van der Waals surface area contributed by atoms with Gasteiger partial charge < -0.3 is 5.32 Å². The lowest BCUT2D eigenvalue weighted by molar-refractivity contribution is 0.0953. The molecule has 1 heterocycles. The second-order valence-electron chi connectivity index (χ2n) is 3.67. The van der Waals surface area contributed by atoms with Crippen LogP contribution in [0.4, 0.5) is 0 Å². The van der Waals surface area contributed by atoms with Crippen molar-refractivity contribution in [3.8, 4) is 0 Å². The number of aromatic amines is 1. The summed E-state index contributed by atoms with van der Waals surface area (Å²) in [4.78, 5) is 25.0. The predicted molar refractivity (Wildman–Crippen MR) is 75.0 cm³/mol. The highest BCUT2D eigenvalue weighted by molar-refractivity contribution is 9.11. The Labute approximate surface area is 124 Å². The van der Waals surface area contributed by atoms with E-state index in [1.807, 2.05) is 0 Å². The third kappa shape index (κ3) is 3.77. The Bertz CT molecular complexity index is 651. The van der Waals surface area contributed by atoms with Gasteiger partial charge in [-0.15, -0.1) is 0 Å². The molecule has 0 fully saturated rings. The van der Waals surface area contributed by atoms with E-state index >= 15 is 0 Å². The lowest BCUT2D eigenvalue weighted by Crippen LogP contribution is -2.26. The molecule has 6 nitrogen and oxygen atoms in total. The second kappa shape index (κ2) is 6.16. The fourth-order valence-electron chi connectivity index (χ4n) is 1.43. The van der Waals surface area contributed by atoms with Gasteiger partial charge in [0.1, 0.15) is 0 Å². The van der Waals surface area contributed by atoms with Crippen LogP contribution in [0.5, 0.6) is 0 Å². The van der Waals surface area contributed by atoms with E-state index in [2.05, 4.69) is 51.8 Å². The summed E-state index contributed by atoms with van der Waals surface area (Å²) in [5.41, 5.74) is 0.539. The van der Waals surface area contributed by atoms with Crippen molar-refractivity contribution in [2.75, 3.05) is 6.54 Å². The van der Waals surface area contributed by atoms with Crippen molar-refractivity contribution < 1.29 is 9.32 Å². The van der Waals surface area contributed by atoms with Gasteiger partial charge in [-0.2, -0.15) is 0 Å². The molecule has 0 aliphatic rings. The molecule has 2 rings (SSSR count). The maximum atomic E-state index is 11.9. The molecule has 1 amide bonds. The molecular formula is C11H9Br2N3O3. The molecule has 2 N–H and O–H groups in total. The van der Waals surface area contributed by atoms with E-state index < -0.39 is 5.76 Å². The molecule has 1 aromatic heterocycles. The van der Waals surface area contributed by atoms with Crippen molar-refractivity contribution in [1.82, 2.24) is 15.5 Å². The number of nitrogens with one attached hydrogen (secondary N) is 2. The van der Waals surface area contributed by atoms with Gasteiger partial charge in [0.05, 0.1) is 5.56 Å². The van der Waals surface area contributed by atoms with Crippen LogP contribution in [-0.4, -0.2) is 22.6 Å².